The molecule has 4 N–H and O–H groups in total. The van der Waals surface area contributed by atoms with E-state index < -0.39 is 57.4 Å². The molecule has 4 saturated heterocycles. The number of aliphatic hydroxyl groups excluding tert-OH is 4. The van der Waals surface area contributed by atoms with E-state index in [1.807, 2.05) is 0 Å². The number of nitro groups is 2. The maximum absolute atomic E-state index is 11.9. The van der Waals surface area contributed by atoms with E-state index in [2.05, 4.69) is 0 Å². The summed E-state index contributed by atoms with van der Waals surface area (Å²) in [5.74, 6) is 0. The van der Waals surface area contributed by atoms with E-state index in [1.165, 1.54) is 9.80 Å². The van der Waals surface area contributed by atoms with Crippen LogP contribution in [0.1, 0.15) is 13.8 Å². The Labute approximate surface area is 148 Å². The SMILES string of the molecule is CC1(C)C2([N+](=O)[O-])CN3CC1([N+](=O)[O-])CN(C2)C3[C@H](O)[C@@H](O)[C@H](O)CO. The molecular weight excluding hydrogens is 352 g/mol. The summed E-state index contributed by atoms with van der Waals surface area (Å²) in [7, 11) is 0. The summed E-state index contributed by atoms with van der Waals surface area (Å²) in [6.45, 7) is 1.90. The van der Waals surface area contributed by atoms with Crippen molar-refractivity contribution in [2.75, 3.05) is 32.8 Å². The molecular formula is C14H24N4O8. The van der Waals surface area contributed by atoms with Gasteiger partial charge >= 0.3 is 0 Å². The molecule has 148 valence electrons. The Balaban J connectivity index is 2.02. The largest absolute Gasteiger partial charge is 0.394 e. The third kappa shape index (κ3) is 2.11. The first kappa shape index (κ1) is 19.3. The first-order valence-electron chi connectivity index (χ1n) is 8.37. The summed E-state index contributed by atoms with van der Waals surface area (Å²) >= 11 is 0. The van der Waals surface area contributed by atoms with Gasteiger partial charge in [-0.3, -0.25) is 30.0 Å². The molecule has 26 heavy (non-hydrogen) atoms. The van der Waals surface area contributed by atoms with E-state index >= 15 is 0 Å². The minimum atomic E-state index is -1.69. The highest BCUT2D eigenvalue weighted by Crippen LogP contribution is 2.56. The van der Waals surface area contributed by atoms with Crippen molar-refractivity contribution in [3.8, 4) is 0 Å². The quantitative estimate of drug-likeness (QED) is 0.278. The number of hydrogen-bond acceptors (Lipinski definition) is 10. The van der Waals surface area contributed by atoms with Gasteiger partial charge in [0, 0.05) is 9.85 Å². The zero-order chi connectivity index (χ0) is 19.7. The molecule has 12 nitrogen and oxygen atoms in total. The van der Waals surface area contributed by atoms with Crippen LogP contribution in [0.15, 0.2) is 0 Å². The van der Waals surface area contributed by atoms with Crippen LogP contribution in [0.2, 0.25) is 0 Å². The molecule has 0 unspecified atom stereocenters. The lowest BCUT2D eigenvalue weighted by atomic mass is 9.53. The number of rotatable bonds is 6. The fourth-order valence-corrected chi connectivity index (χ4v) is 5.02. The summed E-state index contributed by atoms with van der Waals surface area (Å²) < 4.78 is 0. The Kier molecular flexibility index (Phi) is 4.29. The molecule has 0 aromatic carbocycles. The number of piperidine rings is 2. The first-order chi connectivity index (χ1) is 11.9. The lowest BCUT2D eigenvalue weighted by Gasteiger charge is -2.66. The second-order valence-corrected chi connectivity index (χ2v) is 8.16. The van der Waals surface area contributed by atoms with Gasteiger partial charge in [-0.25, -0.2) is 0 Å². The monoisotopic (exact) mass is 376 g/mol. The summed E-state index contributed by atoms with van der Waals surface area (Å²) in [6.07, 6.45) is -5.74. The molecule has 12 heteroatoms. The highest BCUT2D eigenvalue weighted by atomic mass is 16.6. The Morgan fingerprint density at radius 3 is 1.69 bits per heavy atom. The number of aliphatic hydroxyl groups is 4. The Morgan fingerprint density at radius 2 is 1.38 bits per heavy atom. The average Bonchev–Trinajstić information content (AvgIpc) is 2.56. The lowest BCUT2D eigenvalue weighted by Crippen LogP contribution is -2.91. The smallest absolute Gasteiger partial charge is 0.259 e. The molecule has 3 atom stereocenters. The predicted octanol–water partition coefficient (Wildman–Crippen LogP) is -2.91. The molecule has 0 saturated carbocycles. The van der Waals surface area contributed by atoms with Crippen LogP contribution in [0.4, 0.5) is 0 Å². The highest BCUT2D eigenvalue weighted by molar-refractivity contribution is 5.22. The van der Waals surface area contributed by atoms with Gasteiger partial charge in [0.05, 0.1) is 39.0 Å². The van der Waals surface area contributed by atoms with Crippen LogP contribution in [-0.4, -0.2) is 108 Å². The molecule has 4 heterocycles. The normalized spacial score (nSPS) is 43.7. The third-order valence-corrected chi connectivity index (χ3v) is 6.87. The van der Waals surface area contributed by atoms with Crippen molar-refractivity contribution < 1.29 is 30.3 Å². The average molecular weight is 376 g/mol. The van der Waals surface area contributed by atoms with Gasteiger partial charge in [0.1, 0.15) is 23.7 Å². The van der Waals surface area contributed by atoms with E-state index in [1.54, 1.807) is 13.8 Å². The van der Waals surface area contributed by atoms with Crippen molar-refractivity contribution in [2.24, 2.45) is 5.41 Å². The zero-order valence-electron chi connectivity index (χ0n) is 14.6. The van der Waals surface area contributed by atoms with Crippen molar-refractivity contribution in [2.45, 2.75) is 49.4 Å². The van der Waals surface area contributed by atoms with Crippen LogP contribution < -0.4 is 0 Å². The van der Waals surface area contributed by atoms with Gasteiger partial charge in [-0.1, -0.05) is 0 Å². The van der Waals surface area contributed by atoms with Crippen molar-refractivity contribution in [3.05, 3.63) is 20.2 Å². The van der Waals surface area contributed by atoms with Crippen molar-refractivity contribution >= 4 is 0 Å². The fourth-order valence-electron chi connectivity index (χ4n) is 5.02. The maximum atomic E-state index is 11.9. The minimum absolute atomic E-state index is 0.108. The van der Waals surface area contributed by atoms with Gasteiger partial charge in [-0.05, 0) is 13.8 Å². The summed E-state index contributed by atoms with van der Waals surface area (Å²) in [5, 5.41) is 63.0. The predicted molar refractivity (Wildman–Crippen MR) is 85.3 cm³/mol. The lowest BCUT2D eigenvalue weighted by molar-refractivity contribution is -0.679. The van der Waals surface area contributed by atoms with Crippen LogP contribution >= 0.6 is 0 Å². The van der Waals surface area contributed by atoms with Crippen molar-refractivity contribution in [1.82, 2.24) is 9.80 Å². The van der Waals surface area contributed by atoms with Gasteiger partial charge in [0.15, 0.2) is 0 Å². The first-order valence-corrected chi connectivity index (χ1v) is 8.37. The Hall–Kier alpha value is -1.44. The number of nitrogens with zero attached hydrogens (tertiary/aromatic N) is 4. The van der Waals surface area contributed by atoms with E-state index in [9.17, 15) is 35.5 Å². The molecule has 4 aliphatic heterocycles. The van der Waals surface area contributed by atoms with Crippen molar-refractivity contribution in [3.63, 3.8) is 0 Å². The molecule has 0 spiro atoms. The standard InChI is InChI=1S/C14H24N4O8/c1-12(2)13(17(23)24)4-15-6-14(12,18(25)26)7-16(5-13)11(15)10(22)9(21)8(20)3-19/h8-11,19-22H,3-7H2,1-2H3/t8-,9+,10-,11?,13?,14?/m1/s1. The zero-order valence-corrected chi connectivity index (χ0v) is 14.6. The fraction of sp³-hybridized carbons (Fsp3) is 1.00. The van der Waals surface area contributed by atoms with E-state index in [0.29, 0.717) is 0 Å². The second kappa shape index (κ2) is 5.78. The summed E-state index contributed by atoms with van der Waals surface area (Å²) in [4.78, 5) is 25.8. The summed E-state index contributed by atoms with van der Waals surface area (Å²) in [5.41, 5.74) is -4.40. The van der Waals surface area contributed by atoms with Crippen LogP contribution in [0, 0.1) is 25.6 Å². The molecule has 0 radical (unpaired) electrons. The van der Waals surface area contributed by atoms with Crippen LogP contribution in [0.5, 0.6) is 0 Å². The Bertz CT molecular complexity index is 576. The third-order valence-electron chi connectivity index (χ3n) is 6.87. The van der Waals surface area contributed by atoms with Gasteiger partial charge in [-0.15, -0.1) is 0 Å². The topological polar surface area (TPSA) is 174 Å². The van der Waals surface area contributed by atoms with E-state index in [0.717, 1.165) is 0 Å². The molecule has 4 fully saturated rings. The molecule has 0 aromatic rings. The molecule has 4 aliphatic rings. The Morgan fingerprint density at radius 1 is 1.00 bits per heavy atom. The van der Waals surface area contributed by atoms with Crippen LogP contribution in [0.3, 0.4) is 0 Å². The van der Waals surface area contributed by atoms with Gasteiger partial charge in [-0.2, -0.15) is 0 Å². The molecule has 4 rings (SSSR count). The summed E-state index contributed by atoms with van der Waals surface area (Å²) in [6, 6.07) is 0. The van der Waals surface area contributed by atoms with Gasteiger partial charge in [0.2, 0.25) is 0 Å². The van der Waals surface area contributed by atoms with E-state index in [-0.39, 0.29) is 26.2 Å². The van der Waals surface area contributed by atoms with Gasteiger partial charge < -0.3 is 20.4 Å². The molecule has 0 aliphatic carbocycles. The molecule has 0 aromatic heterocycles. The second-order valence-electron chi connectivity index (χ2n) is 8.16. The maximum Gasteiger partial charge on any atom is 0.259 e. The van der Waals surface area contributed by atoms with E-state index in [4.69, 9.17) is 5.11 Å². The molecule has 0 amide bonds. The highest BCUT2D eigenvalue weighted by Gasteiger charge is 2.82. The van der Waals surface area contributed by atoms with Crippen molar-refractivity contribution in [1.29, 1.82) is 0 Å². The van der Waals surface area contributed by atoms with Crippen LogP contribution in [-0.2, 0) is 0 Å². The van der Waals surface area contributed by atoms with Crippen LogP contribution in [0.25, 0.3) is 0 Å². The number of hydrogen-bond donors (Lipinski definition) is 4. The molecule has 4 bridgehead atoms. The minimum Gasteiger partial charge on any atom is -0.394 e. The van der Waals surface area contributed by atoms with Gasteiger partial charge in [0.25, 0.3) is 11.1 Å².